The SMILES string of the molecule is O=C(NCc1ncccn1)c1[nH]c(Cc2cccnc2)[n+]2ccccc12. The maximum Gasteiger partial charge on any atom is 0.295 e. The lowest BCUT2D eigenvalue weighted by molar-refractivity contribution is -0.520. The zero-order valence-corrected chi connectivity index (χ0v) is 14.0. The van der Waals surface area contributed by atoms with Gasteiger partial charge in [-0.1, -0.05) is 12.1 Å². The molecule has 4 aromatic heterocycles. The standard InChI is InChI=1S/C19H16N6O/c26-19(23-13-16-21-8-4-9-22-16)18-15-6-1-2-10-25(15)17(24-18)11-14-5-3-7-20-12-14/h1-10,12H,11,13H2,(H,23,26)/p+1. The summed E-state index contributed by atoms with van der Waals surface area (Å²) >= 11 is 0. The van der Waals surface area contributed by atoms with E-state index in [2.05, 4.69) is 25.3 Å². The molecule has 0 saturated carbocycles. The average Bonchev–Trinajstić information content (AvgIpc) is 3.06. The Morgan fingerprint density at radius 1 is 1.08 bits per heavy atom. The summed E-state index contributed by atoms with van der Waals surface area (Å²) in [6.45, 7) is 0.273. The highest BCUT2D eigenvalue weighted by atomic mass is 16.1. The van der Waals surface area contributed by atoms with E-state index >= 15 is 0 Å². The number of aromatic nitrogens is 5. The third-order valence-corrected chi connectivity index (χ3v) is 4.02. The molecule has 0 unspecified atom stereocenters. The monoisotopic (exact) mass is 345 g/mol. The zero-order valence-electron chi connectivity index (χ0n) is 14.0. The lowest BCUT2D eigenvalue weighted by Gasteiger charge is -2.00. The molecule has 4 rings (SSSR count). The number of carbonyl (C=O) groups excluding carboxylic acids is 1. The second-order valence-corrected chi connectivity index (χ2v) is 5.79. The molecule has 7 nitrogen and oxygen atoms in total. The van der Waals surface area contributed by atoms with Gasteiger partial charge in [0.15, 0.2) is 5.52 Å². The van der Waals surface area contributed by atoms with Crippen LogP contribution < -0.4 is 9.72 Å². The van der Waals surface area contributed by atoms with E-state index in [-0.39, 0.29) is 12.5 Å². The van der Waals surface area contributed by atoms with Gasteiger partial charge in [-0.2, -0.15) is 4.40 Å². The van der Waals surface area contributed by atoms with Crippen molar-refractivity contribution in [2.45, 2.75) is 13.0 Å². The van der Waals surface area contributed by atoms with Crippen LogP contribution in [0.4, 0.5) is 0 Å². The lowest BCUT2D eigenvalue weighted by atomic mass is 10.2. The normalized spacial score (nSPS) is 10.8. The van der Waals surface area contributed by atoms with Crippen molar-refractivity contribution >= 4 is 11.4 Å². The molecule has 4 aromatic rings. The van der Waals surface area contributed by atoms with E-state index in [4.69, 9.17) is 0 Å². The van der Waals surface area contributed by atoms with Crippen molar-refractivity contribution in [3.05, 3.63) is 90.3 Å². The minimum Gasteiger partial charge on any atom is -0.341 e. The van der Waals surface area contributed by atoms with Crippen LogP contribution in [0.2, 0.25) is 0 Å². The molecule has 0 aromatic carbocycles. The van der Waals surface area contributed by atoms with Crippen molar-refractivity contribution in [1.82, 2.24) is 25.3 Å². The topological polar surface area (TPSA) is 87.7 Å². The molecule has 0 spiro atoms. The Hall–Kier alpha value is -3.61. The summed E-state index contributed by atoms with van der Waals surface area (Å²) in [7, 11) is 0. The molecule has 0 bridgehead atoms. The van der Waals surface area contributed by atoms with Crippen LogP contribution in [0, 0.1) is 0 Å². The van der Waals surface area contributed by atoms with Crippen molar-refractivity contribution in [3.63, 3.8) is 0 Å². The fourth-order valence-electron chi connectivity index (χ4n) is 2.82. The Kier molecular flexibility index (Phi) is 4.34. The van der Waals surface area contributed by atoms with Crippen molar-refractivity contribution in [2.75, 3.05) is 0 Å². The smallest absolute Gasteiger partial charge is 0.295 e. The Labute approximate surface area is 149 Å². The number of imidazole rings is 1. The van der Waals surface area contributed by atoms with E-state index in [9.17, 15) is 4.79 Å². The molecular formula is C19H17N6O+. The summed E-state index contributed by atoms with van der Waals surface area (Å²) in [4.78, 5) is 28.3. The quantitative estimate of drug-likeness (QED) is 0.536. The van der Waals surface area contributed by atoms with Crippen LogP contribution >= 0.6 is 0 Å². The number of aromatic amines is 1. The summed E-state index contributed by atoms with van der Waals surface area (Å²) in [5.74, 6) is 1.29. The number of hydrogen-bond donors (Lipinski definition) is 2. The van der Waals surface area contributed by atoms with Gasteiger partial charge >= 0.3 is 0 Å². The number of nitrogens with zero attached hydrogens (tertiary/aromatic N) is 4. The molecule has 0 aliphatic rings. The highest BCUT2D eigenvalue weighted by Crippen LogP contribution is 2.10. The van der Waals surface area contributed by atoms with Crippen LogP contribution in [0.25, 0.3) is 5.52 Å². The maximum absolute atomic E-state index is 12.7. The van der Waals surface area contributed by atoms with Gasteiger partial charge in [0.05, 0.1) is 19.2 Å². The maximum atomic E-state index is 12.7. The van der Waals surface area contributed by atoms with Crippen molar-refractivity contribution in [1.29, 1.82) is 0 Å². The number of rotatable bonds is 5. The highest BCUT2D eigenvalue weighted by Gasteiger charge is 2.23. The van der Waals surface area contributed by atoms with E-state index in [1.807, 2.05) is 47.1 Å². The largest absolute Gasteiger partial charge is 0.341 e. The summed E-state index contributed by atoms with van der Waals surface area (Å²) in [6.07, 6.45) is 9.46. The third-order valence-electron chi connectivity index (χ3n) is 4.02. The lowest BCUT2D eigenvalue weighted by Crippen LogP contribution is -2.26. The van der Waals surface area contributed by atoms with Crippen molar-refractivity contribution < 1.29 is 9.20 Å². The van der Waals surface area contributed by atoms with Gasteiger partial charge in [-0.3, -0.25) is 9.78 Å². The van der Waals surface area contributed by atoms with Gasteiger partial charge in [0.1, 0.15) is 5.82 Å². The first-order valence-corrected chi connectivity index (χ1v) is 8.25. The first kappa shape index (κ1) is 15.9. The van der Waals surface area contributed by atoms with E-state index in [0.29, 0.717) is 17.9 Å². The minimum absolute atomic E-state index is 0.196. The predicted molar refractivity (Wildman–Crippen MR) is 94.2 cm³/mol. The van der Waals surface area contributed by atoms with E-state index in [0.717, 1.165) is 16.9 Å². The molecule has 0 atom stereocenters. The second kappa shape index (κ2) is 7.10. The van der Waals surface area contributed by atoms with Crippen LogP contribution in [0.15, 0.2) is 67.4 Å². The molecule has 0 aliphatic carbocycles. The average molecular weight is 345 g/mol. The number of hydrogen-bond acceptors (Lipinski definition) is 4. The van der Waals surface area contributed by atoms with Crippen LogP contribution in [0.1, 0.15) is 27.7 Å². The van der Waals surface area contributed by atoms with Gasteiger partial charge in [-0.05, 0) is 29.8 Å². The summed E-state index contributed by atoms with van der Waals surface area (Å²) in [6, 6.07) is 11.4. The molecule has 2 N–H and O–H groups in total. The zero-order chi connectivity index (χ0) is 17.8. The predicted octanol–water partition coefficient (Wildman–Crippen LogP) is 1.46. The molecule has 4 heterocycles. The van der Waals surface area contributed by atoms with Gasteiger partial charge in [0.25, 0.3) is 11.7 Å². The first-order chi connectivity index (χ1) is 12.8. The number of fused-ring (bicyclic) bond motifs is 1. The third kappa shape index (κ3) is 3.27. The van der Waals surface area contributed by atoms with Crippen LogP contribution in [0.3, 0.4) is 0 Å². The summed E-state index contributed by atoms with van der Waals surface area (Å²) in [5, 5.41) is 2.86. The van der Waals surface area contributed by atoms with Crippen LogP contribution in [-0.4, -0.2) is 25.8 Å². The van der Waals surface area contributed by atoms with Gasteiger partial charge in [-0.25, -0.2) is 15.0 Å². The fourth-order valence-corrected chi connectivity index (χ4v) is 2.82. The van der Waals surface area contributed by atoms with Gasteiger partial charge in [0, 0.05) is 24.8 Å². The number of pyridine rings is 2. The summed E-state index contributed by atoms with van der Waals surface area (Å²) in [5.41, 5.74) is 2.40. The van der Waals surface area contributed by atoms with Crippen molar-refractivity contribution in [3.8, 4) is 0 Å². The molecule has 0 fully saturated rings. The minimum atomic E-state index is -0.196. The Bertz CT molecular complexity index is 1030. The van der Waals surface area contributed by atoms with Gasteiger partial charge in [-0.15, -0.1) is 0 Å². The Balaban J connectivity index is 1.61. The molecule has 128 valence electrons. The molecular weight excluding hydrogens is 328 g/mol. The van der Waals surface area contributed by atoms with Gasteiger partial charge < -0.3 is 5.32 Å². The molecule has 1 amide bonds. The second-order valence-electron chi connectivity index (χ2n) is 5.79. The van der Waals surface area contributed by atoms with Crippen molar-refractivity contribution in [2.24, 2.45) is 0 Å². The summed E-state index contributed by atoms with van der Waals surface area (Å²) < 4.78 is 1.99. The number of nitrogens with one attached hydrogen (secondary N) is 2. The van der Waals surface area contributed by atoms with E-state index in [1.54, 1.807) is 24.7 Å². The van der Waals surface area contributed by atoms with Crippen LogP contribution in [-0.2, 0) is 13.0 Å². The molecule has 0 saturated heterocycles. The first-order valence-electron chi connectivity index (χ1n) is 8.25. The molecule has 26 heavy (non-hydrogen) atoms. The molecule has 0 aliphatic heterocycles. The molecule has 0 radical (unpaired) electrons. The number of amides is 1. The number of carbonyl (C=O) groups is 1. The van der Waals surface area contributed by atoms with E-state index < -0.39 is 0 Å². The van der Waals surface area contributed by atoms with E-state index in [1.165, 1.54) is 0 Å². The Morgan fingerprint density at radius 3 is 2.77 bits per heavy atom. The van der Waals surface area contributed by atoms with Gasteiger partial charge in [0.2, 0.25) is 5.69 Å². The van der Waals surface area contributed by atoms with Crippen LogP contribution in [0.5, 0.6) is 0 Å². The molecule has 7 heteroatoms. The Morgan fingerprint density at radius 2 is 1.96 bits per heavy atom. The fraction of sp³-hybridized carbons (Fsp3) is 0.105. The number of H-pyrrole nitrogens is 1. The highest BCUT2D eigenvalue weighted by molar-refractivity contribution is 5.97.